The smallest absolute Gasteiger partial charge is 0.228 e. The van der Waals surface area contributed by atoms with E-state index in [1.807, 2.05) is 30.3 Å². The summed E-state index contributed by atoms with van der Waals surface area (Å²) in [4.78, 5) is 13.7. The highest BCUT2D eigenvalue weighted by Crippen LogP contribution is 2.35. The number of para-hydroxylation sites is 2. The van der Waals surface area contributed by atoms with Gasteiger partial charge in [0.25, 0.3) is 0 Å². The first-order chi connectivity index (χ1) is 16.1. The second-order valence-corrected chi connectivity index (χ2v) is 7.96. The number of anilines is 2. The van der Waals surface area contributed by atoms with E-state index in [-0.39, 0.29) is 6.10 Å². The van der Waals surface area contributed by atoms with Crippen LogP contribution in [0, 0.1) is 0 Å². The molecule has 0 bridgehead atoms. The quantitative estimate of drug-likeness (QED) is 0.631. The van der Waals surface area contributed by atoms with Crippen LogP contribution in [-0.4, -0.2) is 68.0 Å². The number of methoxy groups -OCH3 is 2. The molecule has 5 rings (SSSR count). The van der Waals surface area contributed by atoms with Crippen LogP contribution in [0.3, 0.4) is 0 Å². The van der Waals surface area contributed by atoms with Crippen LogP contribution < -0.4 is 29.6 Å². The van der Waals surface area contributed by atoms with Crippen LogP contribution in [0.1, 0.15) is 0 Å². The molecule has 0 spiro atoms. The summed E-state index contributed by atoms with van der Waals surface area (Å²) in [7, 11) is 3.19. The molecule has 3 aromatic rings. The fraction of sp³-hybridized carbons (Fsp3) is 0.333. The molecule has 2 N–H and O–H groups in total. The predicted molar refractivity (Wildman–Crippen MR) is 126 cm³/mol. The van der Waals surface area contributed by atoms with Crippen LogP contribution in [0.4, 0.5) is 11.8 Å². The first kappa shape index (κ1) is 21.0. The molecule has 3 heterocycles. The lowest BCUT2D eigenvalue weighted by Gasteiger charge is -2.40. The number of aromatic nitrogens is 2. The zero-order valence-electron chi connectivity index (χ0n) is 18.8. The first-order valence-electron chi connectivity index (χ1n) is 10.8. The lowest BCUT2D eigenvalue weighted by Crippen LogP contribution is -2.49. The number of benzene rings is 2. The summed E-state index contributed by atoms with van der Waals surface area (Å²) >= 11 is 0. The zero-order chi connectivity index (χ0) is 22.9. The van der Waals surface area contributed by atoms with E-state index < -0.39 is 0 Å². The number of hydrogen-bond acceptors (Lipinski definition) is 9. The number of nitrogens with two attached hydrogens (primary N) is 1. The van der Waals surface area contributed by atoms with Gasteiger partial charge < -0.3 is 34.5 Å². The number of nitrogen functional groups attached to an aromatic ring is 1. The van der Waals surface area contributed by atoms with Crippen LogP contribution in [0.5, 0.6) is 23.0 Å². The lowest BCUT2D eigenvalue weighted by atomic mass is 10.2. The third kappa shape index (κ3) is 3.90. The lowest BCUT2D eigenvalue weighted by molar-refractivity contribution is 0.0902. The predicted octanol–water partition coefficient (Wildman–Crippen LogP) is 2.70. The maximum absolute atomic E-state index is 6.26. The molecule has 0 aliphatic carbocycles. The van der Waals surface area contributed by atoms with Crippen molar-refractivity contribution in [3.8, 4) is 23.0 Å². The van der Waals surface area contributed by atoms with Crippen LogP contribution >= 0.6 is 0 Å². The van der Waals surface area contributed by atoms with Gasteiger partial charge in [0, 0.05) is 37.6 Å². The van der Waals surface area contributed by atoms with Gasteiger partial charge >= 0.3 is 0 Å². The molecule has 9 nitrogen and oxygen atoms in total. The second kappa shape index (κ2) is 8.57. The van der Waals surface area contributed by atoms with E-state index in [1.165, 1.54) is 0 Å². The van der Waals surface area contributed by atoms with E-state index in [9.17, 15) is 0 Å². The van der Waals surface area contributed by atoms with Gasteiger partial charge in [-0.25, -0.2) is 4.98 Å². The Morgan fingerprint density at radius 3 is 2.45 bits per heavy atom. The number of nitrogens with zero attached hydrogens (tertiary/aromatic N) is 4. The van der Waals surface area contributed by atoms with Gasteiger partial charge in [-0.1, -0.05) is 18.7 Å². The Morgan fingerprint density at radius 1 is 1.03 bits per heavy atom. The molecule has 1 saturated heterocycles. The highest BCUT2D eigenvalue weighted by atomic mass is 16.6. The molecule has 9 heteroatoms. The standard InChI is InChI=1S/C24H27N5O4/c1-15(22-14-32-18-6-4-5-7-19(18)33-22)28-8-10-29(11-9-28)24-26-17-13-21(31-3)20(30-2)12-16(17)23(25)27-24/h4-7,12-13,22H,1,8-11,14H2,2-3H3,(H2,25,26,27). The monoisotopic (exact) mass is 449 g/mol. The van der Waals surface area contributed by atoms with Crippen LogP contribution in [0.2, 0.25) is 0 Å². The summed E-state index contributed by atoms with van der Waals surface area (Å²) in [6, 6.07) is 11.3. The maximum atomic E-state index is 6.26. The van der Waals surface area contributed by atoms with Crippen LogP contribution in [0.15, 0.2) is 48.7 Å². The molecule has 0 saturated carbocycles. The topological polar surface area (TPSA) is 95.2 Å². The Hall–Kier alpha value is -3.88. The summed E-state index contributed by atoms with van der Waals surface area (Å²) in [5, 5.41) is 0.734. The molecular weight excluding hydrogens is 422 g/mol. The molecule has 2 aromatic carbocycles. The van der Waals surface area contributed by atoms with E-state index in [1.54, 1.807) is 20.3 Å². The summed E-state index contributed by atoms with van der Waals surface area (Å²) in [5.74, 6) is 3.73. The second-order valence-electron chi connectivity index (χ2n) is 7.96. The number of rotatable bonds is 5. The number of ether oxygens (including phenoxy) is 4. The molecule has 1 fully saturated rings. The van der Waals surface area contributed by atoms with Crippen molar-refractivity contribution in [2.75, 3.05) is 57.6 Å². The summed E-state index contributed by atoms with van der Waals surface area (Å²) in [6.07, 6.45) is -0.207. The number of fused-ring (bicyclic) bond motifs is 2. The van der Waals surface area contributed by atoms with E-state index in [0.717, 1.165) is 48.8 Å². The molecule has 1 aromatic heterocycles. The average Bonchev–Trinajstić information content (AvgIpc) is 2.87. The Bertz CT molecular complexity index is 1190. The third-order valence-electron chi connectivity index (χ3n) is 6.07. The van der Waals surface area contributed by atoms with Gasteiger partial charge in [-0.15, -0.1) is 0 Å². The Balaban J connectivity index is 1.28. The fourth-order valence-corrected chi connectivity index (χ4v) is 4.19. The van der Waals surface area contributed by atoms with Gasteiger partial charge in [0.05, 0.1) is 25.4 Å². The molecule has 0 radical (unpaired) electrons. The molecule has 2 aliphatic heterocycles. The van der Waals surface area contributed by atoms with Gasteiger partial charge in [-0.3, -0.25) is 0 Å². The van der Waals surface area contributed by atoms with Gasteiger partial charge in [-0.2, -0.15) is 4.98 Å². The highest BCUT2D eigenvalue weighted by Gasteiger charge is 2.29. The minimum atomic E-state index is -0.207. The molecule has 1 unspecified atom stereocenters. The summed E-state index contributed by atoms with van der Waals surface area (Å²) in [6.45, 7) is 7.76. The number of hydrogen-bond donors (Lipinski definition) is 1. The van der Waals surface area contributed by atoms with Gasteiger partial charge in [0.15, 0.2) is 29.1 Å². The van der Waals surface area contributed by atoms with Crippen molar-refractivity contribution in [2.24, 2.45) is 0 Å². The van der Waals surface area contributed by atoms with E-state index in [4.69, 9.17) is 29.7 Å². The molecule has 172 valence electrons. The molecule has 0 amide bonds. The van der Waals surface area contributed by atoms with Gasteiger partial charge in [0.1, 0.15) is 12.4 Å². The van der Waals surface area contributed by atoms with E-state index >= 15 is 0 Å². The van der Waals surface area contributed by atoms with Crippen LogP contribution in [0.25, 0.3) is 10.9 Å². The van der Waals surface area contributed by atoms with Gasteiger partial charge in [0.2, 0.25) is 5.95 Å². The van der Waals surface area contributed by atoms with Crippen molar-refractivity contribution >= 4 is 22.7 Å². The minimum Gasteiger partial charge on any atom is -0.493 e. The van der Waals surface area contributed by atoms with Crippen molar-refractivity contribution in [2.45, 2.75) is 6.10 Å². The van der Waals surface area contributed by atoms with Crippen molar-refractivity contribution in [1.29, 1.82) is 0 Å². The Morgan fingerprint density at radius 2 is 1.73 bits per heavy atom. The highest BCUT2D eigenvalue weighted by molar-refractivity contribution is 5.91. The van der Waals surface area contributed by atoms with Gasteiger partial charge in [-0.05, 0) is 18.2 Å². The maximum Gasteiger partial charge on any atom is 0.228 e. The zero-order valence-corrected chi connectivity index (χ0v) is 18.8. The van der Waals surface area contributed by atoms with Crippen molar-refractivity contribution < 1.29 is 18.9 Å². The summed E-state index contributed by atoms with van der Waals surface area (Å²) < 4.78 is 22.8. The number of piperazine rings is 1. The Labute approximate surface area is 192 Å². The van der Waals surface area contributed by atoms with E-state index in [2.05, 4.69) is 21.4 Å². The molecule has 2 aliphatic rings. The average molecular weight is 450 g/mol. The minimum absolute atomic E-state index is 0.207. The third-order valence-corrected chi connectivity index (χ3v) is 6.07. The van der Waals surface area contributed by atoms with Crippen molar-refractivity contribution in [3.05, 3.63) is 48.7 Å². The van der Waals surface area contributed by atoms with Crippen molar-refractivity contribution in [1.82, 2.24) is 14.9 Å². The van der Waals surface area contributed by atoms with Crippen molar-refractivity contribution in [3.63, 3.8) is 0 Å². The van der Waals surface area contributed by atoms with E-state index in [0.29, 0.717) is 35.4 Å². The molecular formula is C24H27N5O4. The SMILES string of the molecule is C=C(C1COc2ccccc2O1)N1CCN(c2nc(N)c3cc(OC)c(OC)cc3n2)CC1. The van der Waals surface area contributed by atoms with Crippen LogP contribution in [-0.2, 0) is 0 Å². The molecule has 1 atom stereocenters. The molecule has 33 heavy (non-hydrogen) atoms. The summed E-state index contributed by atoms with van der Waals surface area (Å²) in [5.41, 5.74) is 7.89. The fourth-order valence-electron chi connectivity index (χ4n) is 4.19. The normalized spacial score (nSPS) is 17.7. The largest absolute Gasteiger partial charge is 0.493 e. The first-order valence-corrected chi connectivity index (χ1v) is 10.8. The Kier molecular flexibility index (Phi) is 5.45.